The molecule has 0 aromatic heterocycles. The van der Waals surface area contributed by atoms with Gasteiger partial charge >= 0.3 is 5.97 Å². The van der Waals surface area contributed by atoms with Gasteiger partial charge in [0.15, 0.2) is 0 Å². The largest absolute Gasteiger partial charge is 0.481 e. The number of aliphatic carboxylic acids is 1. The fraction of sp³-hybridized carbons (Fsp3) is 0.909. The number of sulfonamides is 1. The Hall–Kier alpha value is -0.660. The summed E-state index contributed by atoms with van der Waals surface area (Å²) < 4.78 is 25.6. The highest BCUT2D eigenvalue weighted by Crippen LogP contribution is 2.23. The Morgan fingerprint density at radius 2 is 2.06 bits per heavy atom. The summed E-state index contributed by atoms with van der Waals surface area (Å²) in [4.78, 5) is 10.3. The number of carbonyl (C=O) groups is 1. The first-order valence-corrected chi connectivity index (χ1v) is 7.91. The molecular formula is C11H21NO5S. The second-order valence-electron chi connectivity index (χ2n) is 4.85. The van der Waals surface area contributed by atoms with Crippen molar-refractivity contribution in [2.75, 3.05) is 12.3 Å². The highest BCUT2D eigenvalue weighted by molar-refractivity contribution is 7.89. The van der Waals surface area contributed by atoms with Crippen LogP contribution in [0.3, 0.4) is 0 Å². The Bertz CT molecular complexity index is 368. The molecule has 0 aromatic rings. The molecule has 0 aromatic carbocycles. The van der Waals surface area contributed by atoms with E-state index >= 15 is 0 Å². The summed E-state index contributed by atoms with van der Waals surface area (Å²) in [5.74, 6) is -0.960. The summed E-state index contributed by atoms with van der Waals surface area (Å²) in [5, 5.41) is 17.9. The van der Waals surface area contributed by atoms with E-state index in [1.165, 1.54) is 0 Å². The van der Waals surface area contributed by atoms with Crippen molar-refractivity contribution in [1.82, 2.24) is 4.72 Å². The molecule has 0 amide bonds. The van der Waals surface area contributed by atoms with Crippen LogP contribution >= 0.6 is 0 Å². The van der Waals surface area contributed by atoms with Gasteiger partial charge in [-0.3, -0.25) is 4.79 Å². The van der Waals surface area contributed by atoms with Crippen molar-refractivity contribution in [1.29, 1.82) is 0 Å². The number of aliphatic hydroxyl groups excluding tert-OH is 1. The lowest BCUT2D eigenvalue weighted by Gasteiger charge is -2.25. The first kappa shape index (κ1) is 15.4. The van der Waals surface area contributed by atoms with Crippen molar-refractivity contribution < 1.29 is 23.4 Å². The van der Waals surface area contributed by atoms with Gasteiger partial charge < -0.3 is 10.2 Å². The monoisotopic (exact) mass is 279 g/mol. The molecule has 0 radical (unpaired) electrons. The molecule has 0 saturated heterocycles. The minimum absolute atomic E-state index is 0.123. The topological polar surface area (TPSA) is 104 Å². The van der Waals surface area contributed by atoms with Gasteiger partial charge in [-0.2, -0.15) is 0 Å². The van der Waals surface area contributed by atoms with Crippen LogP contribution in [0.5, 0.6) is 0 Å². The first-order valence-electron chi connectivity index (χ1n) is 6.26. The third-order valence-electron chi connectivity index (χ3n) is 3.15. The fourth-order valence-electron chi connectivity index (χ4n) is 2.18. The zero-order valence-corrected chi connectivity index (χ0v) is 11.2. The SMILES string of the molecule is O=C(O)CCCS(=O)(=O)NCC1CCCC(O)C1. The summed E-state index contributed by atoms with van der Waals surface area (Å²) in [5.41, 5.74) is 0. The molecular weight excluding hydrogens is 258 g/mol. The van der Waals surface area contributed by atoms with Gasteiger partial charge in [0.2, 0.25) is 10.0 Å². The lowest BCUT2D eigenvalue weighted by molar-refractivity contribution is -0.137. The van der Waals surface area contributed by atoms with Crippen molar-refractivity contribution >= 4 is 16.0 Å². The van der Waals surface area contributed by atoms with Crippen molar-refractivity contribution in [3.8, 4) is 0 Å². The van der Waals surface area contributed by atoms with Crippen LogP contribution in [0.15, 0.2) is 0 Å². The van der Waals surface area contributed by atoms with Crippen molar-refractivity contribution in [3.05, 3.63) is 0 Å². The number of aliphatic hydroxyl groups is 1. The van der Waals surface area contributed by atoms with Gasteiger partial charge in [-0.25, -0.2) is 13.1 Å². The third-order valence-corrected chi connectivity index (χ3v) is 4.58. The van der Waals surface area contributed by atoms with Gasteiger partial charge in [-0.15, -0.1) is 0 Å². The van der Waals surface area contributed by atoms with Crippen molar-refractivity contribution in [3.63, 3.8) is 0 Å². The van der Waals surface area contributed by atoms with Gasteiger partial charge in [0.05, 0.1) is 11.9 Å². The normalized spacial score (nSPS) is 24.9. The van der Waals surface area contributed by atoms with Crippen LogP contribution in [0.4, 0.5) is 0 Å². The zero-order chi connectivity index (χ0) is 13.6. The summed E-state index contributed by atoms with van der Waals surface area (Å²) >= 11 is 0. The van der Waals surface area contributed by atoms with Gasteiger partial charge in [0.25, 0.3) is 0 Å². The first-order chi connectivity index (χ1) is 8.39. The molecule has 1 rings (SSSR count). The van der Waals surface area contributed by atoms with E-state index < -0.39 is 16.0 Å². The number of hydrogen-bond donors (Lipinski definition) is 3. The predicted octanol–water partition coefficient (Wildman–Crippen LogP) is 0.322. The summed E-state index contributed by atoms with van der Waals surface area (Å²) in [6.45, 7) is 0.340. The summed E-state index contributed by atoms with van der Waals surface area (Å²) in [6.07, 6.45) is 2.95. The Morgan fingerprint density at radius 3 is 2.67 bits per heavy atom. The number of hydrogen-bond acceptors (Lipinski definition) is 4. The lowest BCUT2D eigenvalue weighted by Crippen LogP contribution is -2.34. The quantitative estimate of drug-likeness (QED) is 0.622. The molecule has 1 aliphatic carbocycles. The molecule has 1 saturated carbocycles. The molecule has 1 aliphatic rings. The average molecular weight is 279 g/mol. The maximum absolute atomic E-state index is 11.6. The molecule has 3 N–H and O–H groups in total. The van der Waals surface area contributed by atoms with Crippen LogP contribution < -0.4 is 4.72 Å². The van der Waals surface area contributed by atoms with Crippen molar-refractivity contribution in [2.24, 2.45) is 5.92 Å². The fourth-order valence-corrected chi connectivity index (χ4v) is 3.34. The lowest BCUT2D eigenvalue weighted by atomic mass is 9.87. The van der Waals surface area contributed by atoms with Crippen LogP contribution in [-0.4, -0.2) is 43.0 Å². The maximum Gasteiger partial charge on any atom is 0.303 e. The Balaban J connectivity index is 2.25. The van der Waals surface area contributed by atoms with E-state index in [1.54, 1.807) is 0 Å². The van der Waals surface area contributed by atoms with Crippen LogP contribution in [0, 0.1) is 5.92 Å². The average Bonchev–Trinajstić information content (AvgIpc) is 2.26. The second kappa shape index (κ2) is 7.06. The molecule has 1 fully saturated rings. The van der Waals surface area contributed by atoms with Crippen molar-refractivity contribution in [2.45, 2.75) is 44.6 Å². The molecule has 2 atom stereocenters. The van der Waals surface area contributed by atoms with E-state index in [0.29, 0.717) is 13.0 Å². The number of rotatable bonds is 7. The molecule has 106 valence electrons. The minimum atomic E-state index is -3.39. The van der Waals surface area contributed by atoms with E-state index in [1.807, 2.05) is 0 Å². The second-order valence-corrected chi connectivity index (χ2v) is 6.78. The Morgan fingerprint density at radius 1 is 1.33 bits per heavy atom. The van der Waals surface area contributed by atoms with Gasteiger partial charge in [0.1, 0.15) is 0 Å². The summed E-state index contributed by atoms with van der Waals surface area (Å²) in [6, 6.07) is 0. The van der Waals surface area contributed by atoms with Crippen LogP contribution in [0.25, 0.3) is 0 Å². The number of carboxylic acids is 1. The zero-order valence-electron chi connectivity index (χ0n) is 10.3. The third kappa shape index (κ3) is 6.32. The van der Waals surface area contributed by atoms with Crippen LogP contribution in [0.1, 0.15) is 38.5 Å². The van der Waals surface area contributed by atoms with E-state index in [-0.39, 0.29) is 30.6 Å². The molecule has 0 bridgehead atoms. The predicted molar refractivity (Wildman–Crippen MR) is 66.6 cm³/mol. The molecule has 2 unspecified atom stereocenters. The summed E-state index contributed by atoms with van der Waals surface area (Å²) in [7, 11) is -3.39. The van der Waals surface area contributed by atoms with Gasteiger partial charge in [-0.05, 0) is 31.6 Å². The van der Waals surface area contributed by atoms with Gasteiger partial charge in [0, 0.05) is 13.0 Å². The van der Waals surface area contributed by atoms with Crippen LogP contribution in [-0.2, 0) is 14.8 Å². The van der Waals surface area contributed by atoms with Crippen LogP contribution in [0.2, 0.25) is 0 Å². The van der Waals surface area contributed by atoms with Gasteiger partial charge in [-0.1, -0.05) is 6.42 Å². The standard InChI is InChI=1S/C11H21NO5S/c13-10-4-1-3-9(7-10)8-12-18(16,17)6-2-5-11(14)15/h9-10,12-13H,1-8H2,(H,14,15). The van der Waals surface area contributed by atoms with E-state index in [0.717, 1.165) is 19.3 Å². The smallest absolute Gasteiger partial charge is 0.303 e. The van der Waals surface area contributed by atoms with E-state index in [9.17, 15) is 18.3 Å². The molecule has 18 heavy (non-hydrogen) atoms. The Labute approximate surface area is 107 Å². The highest BCUT2D eigenvalue weighted by atomic mass is 32.2. The van der Waals surface area contributed by atoms with E-state index in [4.69, 9.17) is 5.11 Å². The minimum Gasteiger partial charge on any atom is -0.481 e. The molecule has 0 aliphatic heterocycles. The Kier molecular flexibility index (Phi) is 6.04. The molecule has 0 heterocycles. The molecule has 7 heteroatoms. The highest BCUT2D eigenvalue weighted by Gasteiger charge is 2.21. The molecule has 6 nitrogen and oxygen atoms in total. The van der Waals surface area contributed by atoms with E-state index in [2.05, 4.69) is 4.72 Å². The number of carboxylic acid groups (broad SMARTS) is 1. The number of nitrogens with one attached hydrogen (secondary N) is 1. The maximum atomic E-state index is 11.6. The molecule has 0 spiro atoms.